The zero-order chi connectivity index (χ0) is 19.2. The van der Waals surface area contributed by atoms with Crippen molar-refractivity contribution in [3.05, 3.63) is 24.0 Å². The Hall–Kier alpha value is -2.64. The smallest absolute Gasteiger partial charge is 0.416 e. The summed E-state index contributed by atoms with van der Waals surface area (Å²) in [6.45, 7) is 5.57. The van der Waals surface area contributed by atoms with Crippen molar-refractivity contribution in [3.8, 4) is 0 Å². The van der Waals surface area contributed by atoms with Crippen molar-refractivity contribution in [2.75, 3.05) is 29.9 Å². The summed E-state index contributed by atoms with van der Waals surface area (Å²) in [5, 5.41) is 0. The summed E-state index contributed by atoms with van der Waals surface area (Å²) in [5.74, 6) is -0.785. The number of hydrogen-bond donors (Lipinski definition) is 0. The lowest BCUT2D eigenvalue weighted by Crippen LogP contribution is -2.38. The van der Waals surface area contributed by atoms with Crippen LogP contribution in [0.3, 0.4) is 0 Å². The van der Waals surface area contributed by atoms with Crippen molar-refractivity contribution in [1.29, 1.82) is 0 Å². The second-order valence-electron chi connectivity index (χ2n) is 6.85. The first kappa shape index (κ1) is 18.2. The van der Waals surface area contributed by atoms with Crippen molar-refractivity contribution in [1.82, 2.24) is 4.90 Å². The molecule has 26 heavy (non-hydrogen) atoms. The molecule has 0 bridgehead atoms. The van der Waals surface area contributed by atoms with Gasteiger partial charge in [0.1, 0.15) is 5.82 Å². The van der Waals surface area contributed by atoms with Crippen molar-refractivity contribution < 1.29 is 23.5 Å². The highest BCUT2D eigenvalue weighted by Crippen LogP contribution is 2.32. The molecule has 2 aliphatic rings. The predicted octanol–water partition coefficient (Wildman–Crippen LogP) is 2.00. The highest BCUT2D eigenvalue weighted by atomic mass is 19.1. The van der Waals surface area contributed by atoms with E-state index in [1.807, 2.05) is 6.92 Å². The van der Waals surface area contributed by atoms with Gasteiger partial charge in [-0.2, -0.15) is 0 Å². The minimum atomic E-state index is -0.709. The van der Waals surface area contributed by atoms with E-state index in [2.05, 4.69) is 0 Å². The van der Waals surface area contributed by atoms with Gasteiger partial charge in [-0.05, 0) is 25.1 Å². The quantitative estimate of drug-likeness (QED) is 0.822. The first-order valence-electron chi connectivity index (χ1n) is 8.52. The minimum absolute atomic E-state index is 0.0895. The number of cyclic esters (lactones) is 1. The maximum Gasteiger partial charge on any atom is 0.416 e. The first-order valence-corrected chi connectivity index (χ1v) is 8.52. The van der Waals surface area contributed by atoms with Gasteiger partial charge in [0.05, 0.1) is 24.0 Å². The van der Waals surface area contributed by atoms with Crippen molar-refractivity contribution in [2.45, 2.75) is 33.0 Å². The van der Waals surface area contributed by atoms with Crippen molar-refractivity contribution in [3.63, 3.8) is 0 Å². The Morgan fingerprint density at radius 3 is 2.50 bits per heavy atom. The monoisotopic (exact) mass is 363 g/mol. The molecule has 0 aliphatic carbocycles. The number of ketones is 1. The summed E-state index contributed by atoms with van der Waals surface area (Å²) < 4.78 is 19.9. The normalized spacial score (nSPS) is 25.7. The third kappa shape index (κ3) is 3.00. The predicted molar refractivity (Wildman–Crippen MR) is 93.4 cm³/mol. The van der Waals surface area contributed by atoms with Gasteiger partial charge in [-0.15, -0.1) is 0 Å². The van der Waals surface area contributed by atoms with Gasteiger partial charge >= 0.3 is 6.09 Å². The van der Waals surface area contributed by atoms with Crippen LogP contribution in [0.5, 0.6) is 0 Å². The first-order chi connectivity index (χ1) is 12.2. The number of nitrogens with zero attached hydrogens (tertiary/aromatic N) is 3. The van der Waals surface area contributed by atoms with Crippen LogP contribution in [0.1, 0.15) is 20.8 Å². The molecule has 0 saturated carbocycles. The molecule has 3 atom stereocenters. The molecule has 0 N–H and O–H groups in total. The highest BCUT2D eigenvalue weighted by Gasteiger charge is 2.38. The number of Topliss-reactive ketones (excluding diaryl/α,β-unsaturated/α-hetero) is 1. The molecule has 2 heterocycles. The highest BCUT2D eigenvalue weighted by molar-refractivity contribution is 5.93. The van der Waals surface area contributed by atoms with E-state index in [1.54, 1.807) is 31.0 Å². The van der Waals surface area contributed by atoms with Crippen molar-refractivity contribution in [2.24, 2.45) is 5.92 Å². The van der Waals surface area contributed by atoms with Crippen LogP contribution in [-0.2, 0) is 14.3 Å². The average Bonchev–Trinajstić information content (AvgIpc) is 3.09. The lowest BCUT2D eigenvalue weighted by Gasteiger charge is -2.24. The molecule has 1 aromatic rings. The molecule has 2 aliphatic heterocycles. The molecule has 0 spiro atoms. The Bertz CT molecular complexity index is 769. The summed E-state index contributed by atoms with van der Waals surface area (Å²) in [6, 6.07) is 4.07. The van der Waals surface area contributed by atoms with Crippen LogP contribution in [0.15, 0.2) is 18.2 Å². The van der Waals surface area contributed by atoms with Gasteiger partial charge in [0, 0.05) is 26.4 Å². The molecule has 0 radical (unpaired) electrons. The average molecular weight is 363 g/mol. The van der Waals surface area contributed by atoms with E-state index < -0.39 is 18.1 Å². The van der Waals surface area contributed by atoms with E-state index in [9.17, 15) is 18.8 Å². The molecule has 0 aromatic heterocycles. The Labute approximate surface area is 151 Å². The minimum Gasteiger partial charge on any atom is -0.423 e. The van der Waals surface area contributed by atoms with Crippen LogP contribution in [0.2, 0.25) is 0 Å². The van der Waals surface area contributed by atoms with Gasteiger partial charge < -0.3 is 14.5 Å². The lowest BCUT2D eigenvalue weighted by atomic mass is 10.1. The summed E-state index contributed by atoms with van der Waals surface area (Å²) >= 11 is 0. The van der Waals surface area contributed by atoms with Crippen molar-refractivity contribution >= 4 is 29.2 Å². The number of likely N-dealkylation sites (N-methyl/N-ethyl adjacent to an activating group) is 1. The van der Waals surface area contributed by atoms with Crippen LogP contribution in [0.4, 0.5) is 20.6 Å². The van der Waals surface area contributed by atoms with Crippen LogP contribution in [-0.4, -0.2) is 55.1 Å². The fourth-order valence-corrected chi connectivity index (χ4v) is 3.38. The Balaban J connectivity index is 1.81. The van der Waals surface area contributed by atoms with Gasteiger partial charge in [-0.1, -0.05) is 6.92 Å². The molecule has 140 valence electrons. The molecule has 8 heteroatoms. The Morgan fingerprint density at radius 2 is 1.96 bits per heavy atom. The number of ether oxygens (including phenoxy) is 1. The van der Waals surface area contributed by atoms with Gasteiger partial charge in [0.2, 0.25) is 5.91 Å². The fraction of sp³-hybridized carbons (Fsp3) is 0.500. The topological polar surface area (TPSA) is 70.2 Å². The van der Waals surface area contributed by atoms with E-state index in [0.29, 0.717) is 17.9 Å². The van der Waals surface area contributed by atoms with Crippen LogP contribution in [0, 0.1) is 11.7 Å². The maximum absolute atomic E-state index is 14.7. The second kappa shape index (κ2) is 6.59. The Kier molecular flexibility index (Phi) is 4.60. The largest absolute Gasteiger partial charge is 0.423 e. The molecule has 3 unspecified atom stereocenters. The number of carbonyl (C=O) groups excluding carboxylic acids is 3. The number of amides is 2. The van der Waals surface area contributed by atoms with Crippen LogP contribution in [0.25, 0.3) is 0 Å². The number of carbonyl (C=O) groups is 3. The third-order valence-electron chi connectivity index (χ3n) is 5.11. The molecule has 3 rings (SSSR count). The van der Waals surface area contributed by atoms with Gasteiger partial charge in [-0.25, -0.2) is 9.18 Å². The second-order valence-corrected chi connectivity index (χ2v) is 6.85. The molecule has 2 amide bonds. The number of hydrogen-bond acceptors (Lipinski definition) is 5. The summed E-state index contributed by atoms with van der Waals surface area (Å²) in [4.78, 5) is 39.9. The Morgan fingerprint density at radius 1 is 1.27 bits per heavy atom. The molecule has 1 aromatic carbocycles. The van der Waals surface area contributed by atoms with E-state index in [0.717, 1.165) is 0 Å². The standard InChI is InChI=1S/C18H22FN3O4/c1-10-8-21(11(2)17(10)24)15-6-5-13(7-14(15)19)22-9-16(26-18(22)25)20(4)12(3)23/h5-7,10-11,16H,8-9H2,1-4H3. The van der Waals surface area contributed by atoms with E-state index in [4.69, 9.17) is 4.74 Å². The summed E-state index contributed by atoms with van der Waals surface area (Å²) in [6.07, 6.45) is -1.34. The van der Waals surface area contributed by atoms with E-state index >= 15 is 0 Å². The number of halogens is 1. The summed E-state index contributed by atoms with van der Waals surface area (Å²) in [5.41, 5.74) is 0.686. The SMILES string of the molecule is CC(=O)N(C)C1CN(c2ccc(N3CC(C)C(=O)C3C)c(F)c2)C(=O)O1. The van der Waals surface area contributed by atoms with Crippen LogP contribution < -0.4 is 9.80 Å². The molecular formula is C18H22FN3O4. The summed E-state index contributed by atoms with van der Waals surface area (Å²) in [7, 11) is 1.54. The maximum atomic E-state index is 14.7. The van der Waals surface area contributed by atoms with Crippen LogP contribution >= 0.6 is 0 Å². The van der Waals surface area contributed by atoms with Gasteiger partial charge in [-0.3, -0.25) is 14.5 Å². The molecular weight excluding hydrogens is 341 g/mol. The molecule has 2 fully saturated rings. The third-order valence-corrected chi connectivity index (χ3v) is 5.11. The molecule has 7 nitrogen and oxygen atoms in total. The number of anilines is 2. The lowest BCUT2D eigenvalue weighted by molar-refractivity contribution is -0.134. The fourth-order valence-electron chi connectivity index (χ4n) is 3.38. The van der Waals surface area contributed by atoms with E-state index in [-0.39, 0.29) is 30.2 Å². The number of benzene rings is 1. The van der Waals surface area contributed by atoms with E-state index in [1.165, 1.54) is 22.8 Å². The zero-order valence-electron chi connectivity index (χ0n) is 15.2. The molecule has 2 saturated heterocycles. The zero-order valence-corrected chi connectivity index (χ0v) is 15.2. The van der Waals surface area contributed by atoms with Gasteiger partial charge in [0.15, 0.2) is 12.0 Å². The number of rotatable bonds is 3. The van der Waals surface area contributed by atoms with Gasteiger partial charge in [0.25, 0.3) is 0 Å².